The van der Waals surface area contributed by atoms with Gasteiger partial charge in [-0.25, -0.2) is 0 Å². The van der Waals surface area contributed by atoms with E-state index in [0.717, 1.165) is 73.4 Å². The van der Waals surface area contributed by atoms with Crippen molar-refractivity contribution >= 4 is 23.7 Å². The number of hydrogen-bond donors (Lipinski definition) is 1. The molecule has 0 spiro atoms. The Labute approximate surface area is 272 Å². The van der Waals surface area contributed by atoms with Gasteiger partial charge < -0.3 is 24.6 Å². The van der Waals surface area contributed by atoms with E-state index in [1.54, 1.807) is 24.3 Å². The first-order valence-electron chi connectivity index (χ1n) is 16.1. The predicted octanol–water partition coefficient (Wildman–Crippen LogP) is 5.60. The zero-order chi connectivity index (χ0) is 33.0. The molecule has 3 aliphatic rings. The second-order valence-electron chi connectivity index (χ2n) is 12.4. The van der Waals surface area contributed by atoms with Crippen LogP contribution in [-0.2, 0) is 10.9 Å². The molecule has 0 unspecified atom stereocenters. The molecule has 0 saturated carbocycles. The highest BCUT2D eigenvalue weighted by Gasteiger charge is 2.30. The number of ether oxygens (including phenoxy) is 2. The zero-order valence-electron chi connectivity index (χ0n) is 26.3. The van der Waals surface area contributed by atoms with Gasteiger partial charge in [-0.3, -0.25) is 9.59 Å². The van der Waals surface area contributed by atoms with Gasteiger partial charge in [0.1, 0.15) is 11.5 Å². The monoisotopic (exact) mass is 645 g/mol. The van der Waals surface area contributed by atoms with Crippen molar-refractivity contribution in [2.75, 3.05) is 32.8 Å². The minimum Gasteiger partial charge on any atom is -0.457 e. The molecule has 3 heterocycles. The van der Waals surface area contributed by atoms with E-state index in [0.29, 0.717) is 42.4 Å². The third-order valence-corrected chi connectivity index (χ3v) is 9.09. The first kappa shape index (κ1) is 32.4. The first-order valence-corrected chi connectivity index (χ1v) is 16.1. The number of nitrogens with one attached hydrogen (secondary N) is 1. The van der Waals surface area contributed by atoms with Gasteiger partial charge in [-0.15, -0.1) is 0 Å². The molecule has 3 aromatic carbocycles. The molecular formula is C37H38F3N3O4. The molecule has 0 aromatic heterocycles. The molecule has 246 valence electrons. The first-order chi connectivity index (χ1) is 22.6. The fraction of sp³-hybridized carbons (Fsp3) is 0.378. The summed E-state index contributed by atoms with van der Waals surface area (Å²) in [6.07, 6.45) is 4.61. The molecule has 7 nitrogen and oxygen atoms in total. The standard InChI is InChI=1S/C37H38F3N3O4/c1-25-33(35(44)41-22-32-4-2-3-21-46-32)14-7-27-17-18-42(24-34(25)27)23-26-15-19-43(20-16-26)36(45)28-5-10-30(11-6-28)47-31-12-8-29(9-13-31)37(38,39)40/h5-14,18,24,26,32H,2-4,15-16,19-23H2,1H3,(H,41,44)/t32-/m0/s1. The number of benzene rings is 3. The van der Waals surface area contributed by atoms with Crippen LogP contribution in [0.5, 0.6) is 11.5 Å². The lowest BCUT2D eigenvalue weighted by Crippen LogP contribution is -2.41. The fourth-order valence-corrected chi connectivity index (χ4v) is 6.31. The van der Waals surface area contributed by atoms with Gasteiger partial charge in [-0.2, -0.15) is 13.2 Å². The average Bonchev–Trinajstić information content (AvgIpc) is 3.08. The Hall–Kier alpha value is -4.53. The van der Waals surface area contributed by atoms with E-state index in [4.69, 9.17) is 9.47 Å². The van der Waals surface area contributed by atoms with E-state index < -0.39 is 11.7 Å². The fourth-order valence-electron chi connectivity index (χ4n) is 6.31. The second kappa shape index (κ2) is 14.1. The van der Waals surface area contributed by atoms with Crippen LogP contribution in [0.15, 0.2) is 66.9 Å². The van der Waals surface area contributed by atoms with E-state index in [-0.39, 0.29) is 23.7 Å². The van der Waals surface area contributed by atoms with Gasteiger partial charge in [0.2, 0.25) is 0 Å². The van der Waals surface area contributed by atoms with Crippen LogP contribution in [0.25, 0.3) is 11.9 Å². The van der Waals surface area contributed by atoms with E-state index in [1.807, 2.05) is 30.2 Å². The third-order valence-electron chi connectivity index (χ3n) is 9.09. The molecule has 3 aromatic rings. The summed E-state index contributed by atoms with van der Waals surface area (Å²) in [4.78, 5) is 30.2. The lowest BCUT2D eigenvalue weighted by Gasteiger charge is -2.34. The number of rotatable bonds is 8. The summed E-state index contributed by atoms with van der Waals surface area (Å²) in [5.41, 5.74) is 4.74. The quantitative estimate of drug-likeness (QED) is 0.345. The normalized spacial score (nSPS) is 18.2. The number of halogens is 3. The smallest absolute Gasteiger partial charge is 0.416 e. The molecule has 0 radical (unpaired) electrons. The molecule has 2 fully saturated rings. The number of likely N-dealkylation sites (tertiary alicyclic amines) is 1. The van der Waals surface area contributed by atoms with Crippen LogP contribution in [0.3, 0.4) is 0 Å². The average molecular weight is 646 g/mol. The maximum atomic E-state index is 13.2. The Bertz CT molecular complexity index is 1750. The lowest BCUT2D eigenvalue weighted by atomic mass is 9.95. The summed E-state index contributed by atoms with van der Waals surface area (Å²) in [6, 6.07) is 14.9. The molecule has 1 atom stereocenters. The van der Waals surface area contributed by atoms with E-state index in [9.17, 15) is 22.8 Å². The Balaban J connectivity index is 1.01. The van der Waals surface area contributed by atoms with Gasteiger partial charge in [-0.1, -0.05) is 5.73 Å². The Kier molecular flexibility index (Phi) is 9.71. The molecule has 0 bridgehead atoms. The summed E-state index contributed by atoms with van der Waals surface area (Å²) in [7, 11) is 0. The van der Waals surface area contributed by atoms with Crippen molar-refractivity contribution in [3.05, 3.63) is 99.6 Å². The minimum atomic E-state index is -4.41. The molecule has 1 N–H and O–H groups in total. The molecule has 47 heavy (non-hydrogen) atoms. The highest BCUT2D eigenvalue weighted by Crippen LogP contribution is 2.31. The van der Waals surface area contributed by atoms with Gasteiger partial charge in [-0.05, 0) is 111 Å². The summed E-state index contributed by atoms with van der Waals surface area (Å²) < 4.78 is 49.8. The van der Waals surface area contributed by atoms with Crippen molar-refractivity contribution in [3.63, 3.8) is 0 Å². The van der Waals surface area contributed by atoms with Crippen LogP contribution >= 0.6 is 0 Å². The maximum Gasteiger partial charge on any atom is 0.416 e. The lowest BCUT2D eigenvalue weighted by molar-refractivity contribution is -0.137. The van der Waals surface area contributed by atoms with Gasteiger partial charge in [0.05, 0.1) is 11.7 Å². The molecule has 3 aliphatic heterocycles. The number of fused-ring (bicyclic) bond motifs is 1. The molecule has 2 amide bonds. The Morgan fingerprint density at radius 1 is 0.957 bits per heavy atom. The number of piperidine rings is 1. The predicted molar refractivity (Wildman–Crippen MR) is 172 cm³/mol. The van der Waals surface area contributed by atoms with Crippen molar-refractivity contribution in [2.45, 2.75) is 51.3 Å². The van der Waals surface area contributed by atoms with Gasteiger partial charge >= 0.3 is 6.18 Å². The van der Waals surface area contributed by atoms with Gasteiger partial charge in [0.15, 0.2) is 0 Å². The second-order valence-corrected chi connectivity index (χ2v) is 12.4. The van der Waals surface area contributed by atoms with Crippen molar-refractivity contribution in [1.29, 1.82) is 0 Å². The Morgan fingerprint density at radius 2 is 1.66 bits per heavy atom. The molecule has 10 heteroatoms. The van der Waals surface area contributed by atoms with E-state index >= 15 is 0 Å². The number of nitrogens with zero attached hydrogens (tertiary/aromatic N) is 2. The topological polar surface area (TPSA) is 71.1 Å². The van der Waals surface area contributed by atoms with Crippen LogP contribution in [0, 0.1) is 12.8 Å². The Morgan fingerprint density at radius 3 is 2.32 bits per heavy atom. The number of carbonyl (C=O) groups excluding carboxylic acids is 2. The third kappa shape index (κ3) is 7.89. The van der Waals surface area contributed by atoms with Crippen molar-refractivity contribution in [2.24, 2.45) is 5.92 Å². The summed E-state index contributed by atoms with van der Waals surface area (Å²) in [5.74, 6) is 0.945. The number of hydrogen-bond acceptors (Lipinski definition) is 5. The van der Waals surface area contributed by atoms with E-state index in [1.165, 1.54) is 12.1 Å². The SMILES string of the molecule is Cc1c(C(=O)NC[C@@H]2CCCCO2)ccc2c1=CN(CC1CCN(C(=O)c3ccc(Oc4ccc(C(F)(F)F)cc4)cc3)CC1)C=C=2. The maximum absolute atomic E-state index is 13.2. The number of carbonyl (C=O) groups is 2. The zero-order valence-corrected chi connectivity index (χ0v) is 26.3. The highest BCUT2D eigenvalue weighted by atomic mass is 19.4. The van der Waals surface area contributed by atoms with Crippen molar-refractivity contribution in [1.82, 2.24) is 15.1 Å². The minimum absolute atomic E-state index is 0.0623. The summed E-state index contributed by atoms with van der Waals surface area (Å²) in [5, 5.41) is 5.00. The number of alkyl halides is 3. The van der Waals surface area contributed by atoms with Crippen LogP contribution < -0.4 is 20.5 Å². The number of amides is 2. The highest BCUT2D eigenvalue weighted by molar-refractivity contribution is 5.96. The largest absolute Gasteiger partial charge is 0.457 e. The van der Waals surface area contributed by atoms with Crippen molar-refractivity contribution in [3.8, 4) is 11.5 Å². The summed E-state index contributed by atoms with van der Waals surface area (Å²) >= 11 is 0. The molecular weight excluding hydrogens is 607 g/mol. The molecule has 2 saturated heterocycles. The molecule has 6 rings (SSSR count). The van der Waals surface area contributed by atoms with Crippen LogP contribution in [0.4, 0.5) is 13.2 Å². The summed E-state index contributed by atoms with van der Waals surface area (Å²) in [6.45, 7) is 5.31. The molecule has 0 aliphatic carbocycles. The van der Waals surface area contributed by atoms with E-state index in [2.05, 4.69) is 22.1 Å². The van der Waals surface area contributed by atoms with Crippen LogP contribution in [0.2, 0.25) is 0 Å². The van der Waals surface area contributed by atoms with Gasteiger partial charge in [0.25, 0.3) is 11.8 Å². The van der Waals surface area contributed by atoms with Crippen molar-refractivity contribution < 1.29 is 32.2 Å². The van der Waals surface area contributed by atoms with Gasteiger partial charge in [0, 0.05) is 66.8 Å². The van der Waals surface area contributed by atoms with Crippen LogP contribution in [-0.4, -0.2) is 60.5 Å². The van der Waals surface area contributed by atoms with Crippen LogP contribution in [0.1, 0.15) is 63.9 Å².